The van der Waals surface area contributed by atoms with Crippen LogP contribution in [0.3, 0.4) is 0 Å². The van der Waals surface area contributed by atoms with Crippen molar-refractivity contribution in [2.24, 2.45) is 5.73 Å². The van der Waals surface area contributed by atoms with Crippen LogP contribution in [-0.4, -0.2) is 26.8 Å². The van der Waals surface area contributed by atoms with Crippen LogP contribution in [0.4, 0.5) is 13.2 Å². The van der Waals surface area contributed by atoms with Crippen molar-refractivity contribution in [3.63, 3.8) is 0 Å². The van der Waals surface area contributed by atoms with E-state index >= 15 is 0 Å². The van der Waals surface area contributed by atoms with E-state index in [0.29, 0.717) is 4.57 Å². The molecule has 0 aromatic carbocycles. The topological polar surface area (TPSA) is 73.8 Å². The van der Waals surface area contributed by atoms with E-state index in [4.69, 9.17) is 5.73 Å². The smallest absolute Gasteiger partial charge is 0.363 e. The van der Waals surface area contributed by atoms with Gasteiger partial charge in [-0.2, -0.15) is 13.2 Å². The van der Waals surface area contributed by atoms with E-state index in [0.717, 1.165) is 6.33 Å². The molecule has 0 saturated carbocycles. The highest BCUT2D eigenvalue weighted by Gasteiger charge is 2.29. The number of aromatic nitrogens is 3. The molecule has 0 radical (unpaired) electrons. The summed E-state index contributed by atoms with van der Waals surface area (Å²) in [7, 11) is 0. The first-order chi connectivity index (χ1) is 5.90. The molecule has 0 atom stereocenters. The highest BCUT2D eigenvalue weighted by atomic mass is 19.4. The van der Waals surface area contributed by atoms with E-state index in [1.54, 1.807) is 0 Å². The maximum Gasteiger partial charge on any atom is 0.406 e. The molecule has 8 heteroatoms. The highest BCUT2D eigenvalue weighted by molar-refractivity contribution is 5.88. The average Bonchev–Trinajstić information content (AvgIpc) is 2.31. The average molecular weight is 194 g/mol. The first-order valence-corrected chi connectivity index (χ1v) is 3.14. The number of halogens is 3. The van der Waals surface area contributed by atoms with Crippen LogP contribution < -0.4 is 5.73 Å². The lowest BCUT2D eigenvalue weighted by Gasteiger charge is -2.07. The Bertz CT molecular complexity index is 318. The van der Waals surface area contributed by atoms with Crippen molar-refractivity contribution >= 4 is 5.91 Å². The lowest BCUT2D eigenvalue weighted by atomic mass is 10.5. The predicted octanol–water partition coefficient (Wildman–Crippen LogP) is -0.0607. The van der Waals surface area contributed by atoms with Gasteiger partial charge in [0.05, 0.1) is 0 Å². The molecule has 72 valence electrons. The van der Waals surface area contributed by atoms with Gasteiger partial charge in [-0.05, 0) is 0 Å². The van der Waals surface area contributed by atoms with Crippen molar-refractivity contribution in [1.82, 2.24) is 14.8 Å². The molecule has 0 unspecified atom stereocenters. The zero-order chi connectivity index (χ0) is 10.1. The molecule has 2 N–H and O–H groups in total. The standard InChI is InChI=1S/C5H5F3N4O/c6-5(7,8)1-12-2-10-11-4(12)3(9)13/h2H,1H2,(H2,9,13). The molecular weight excluding hydrogens is 189 g/mol. The molecular formula is C5H5F3N4O. The number of hydrogen-bond donors (Lipinski definition) is 1. The Kier molecular flexibility index (Phi) is 2.22. The number of nitrogens with two attached hydrogens (primary N) is 1. The Labute approximate surface area is 70.4 Å². The van der Waals surface area contributed by atoms with Gasteiger partial charge < -0.3 is 10.3 Å². The molecule has 0 fully saturated rings. The molecule has 0 spiro atoms. The molecule has 0 aliphatic carbocycles. The Balaban J connectivity index is 2.89. The minimum atomic E-state index is -4.42. The molecule has 1 amide bonds. The Hall–Kier alpha value is -1.60. The molecule has 0 bridgehead atoms. The molecule has 5 nitrogen and oxygen atoms in total. The summed E-state index contributed by atoms with van der Waals surface area (Å²) in [5, 5.41) is 6.28. The van der Waals surface area contributed by atoms with Gasteiger partial charge in [-0.15, -0.1) is 10.2 Å². The van der Waals surface area contributed by atoms with Gasteiger partial charge in [-0.1, -0.05) is 0 Å². The van der Waals surface area contributed by atoms with Gasteiger partial charge >= 0.3 is 6.18 Å². The van der Waals surface area contributed by atoms with Crippen LogP contribution in [0, 0.1) is 0 Å². The molecule has 1 aromatic heterocycles. The largest absolute Gasteiger partial charge is 0.406 e. The molecule has 0 aliphatic heterocycles. The molecule has 1 heterocycles. The van der Waals surface area contributed by atoms with Gasteiger partial charge in [0, 0.05) is 0 Å². The summed E-state index contributed by atoms with van der Waals surface area (Å²) >= 11 is 0. The van der Waals surface area contributed by atoms with Gasteiger partial charge in [-0.3, -0.25) is 4.79 Å². The SMILES string of the molecule is NC(=O)c1nncn1CC(F)(F)F. The second-order valence-corrected chi connectivity index (χ2v) is 2.26. The van der Waals surface area contributed by atoms with Crippen molar-refractivity contribution in [2.75, 3.05) is 0 Å². The first-order valence-electron chi connectivity index (χ1n) is 3.14. The Morgan fingerprint density at radius 1 is 1.62 bits per heavy atom. The van der Waals surface area contributed by atoms with Crippen LogP contribution in [-0.2, 0) is 6.54 Å². The van der Waals surface area contributed by atoms with Crippen molar-refractivity contribution in [1.29, 1.82) is 0 Å². The molecule has 0 aliphatic rings. The lowest BCUT2D eigenvalue weighted by molar-refractivity contribution is -0.140. The molecule has 13 heavy (non-hydrogen) atoms. The summed E-state index contributed by atoms with van der Waals surface area (Å²) in [5.41, 5.74) is 4.75. The van der Waals surface area contributed by atoms with Crippen LogP contribution in [0.1, 0.15) is 10.6 Å². The Morgan fingerprint density at radius 3 is 2.69 bits per heavy atom. The number of carbonyl (C=O) groups is 1. The third-order valence-electron chi connectivity index (χ3n) is 1.19. The van der Waals surface area contributed by atoms with E-state index in [1.807, 2.05) is 0 Å². The number of nitrogens with zero attached hydrogens (tertiary/aromatic N) is 3. The lowest BCUT2D eigenvalue weighted by Crippen LogP contribution is -2.24. The van der Waals surface area contributed by atoms with Crippen molar-refractivity contribution in [2.45, 2.75) is 12.7 Å². The van der Waals surface area contributed by atoms with Gasteiger partial charge in [-0.25, -0.2) is 0 Å². The summed E-state index contributed by atoms with van der Waals surface area (Å²) in [4.78, 5) is 10.5. The van der Waals surface area contributed by atoms with Crippen LogP contribution in [0.25, 0.3) is 0 Å². The fraction of sp³-hybridized carbons (Fsp3) is 0.400. The minimum Gasteiger partial charge on any atom is -0.363 e. The fourth-order valence-corrected chi connectivity index (χ4v) is 0.755. The zero-order valence-electron chi connectivity index (χ0n) is 6.25. The van der Waals surface area contributed by atoms with Crippen molar-refractivity contribution in [3.05, 3.63) is 12.2 Å². The molecule has 1 rings (SSSR count). The minimum absolute atomic E-state index is 0.502. The third-order valence-corrected chi connectivity index (χ3v) is 1.19. The Morgan fingerprint density at radius 2 is 2.23 bits per heavy atom. The van der Waals surface area contributed by atoms with E-state index in [1.165, 1.54) is 0 Å². The quantitative estimate of drug-likeness (QED) is 0.716. The van der Waals surface area contributed by atoms with E-state index < -0.39 is 24.5 Å². The van der Waals surface area contributed by atoms with E-state index in [-0.39, 0.29) is 0 Å². The van der Waals surface area contributed by atoms with Gasteiger partial charge in [0.2, 0.25) is 5.82 Å². The number of rotatable bonds is 2. The maximum atomic E-state index is 11.8. The third kappa shape index (κ3) is 2.42. The summed E-state index contributed by atoms with van der Waals surface area (Å²) < 4.78 is 36.0. The molecule has 0 saturated heterocycles. The van der Waals surface area contributed by atoms with Crippen LogP contribution in [0.5, 0.6) is 0 Å². The van der Waals surface area contributed by atoms with Gasteiger partial charge in [0.25, 0.3) is 5.91 Å². The number of hydrogen-bond acceptors (Lipinski definition) is 3. The highest BCUT2D eigenvalue weighted by Crippen LogP contribution is 2.17. The summed E-state index contributed by atoms with van der Waals surface area (Å²) in [6, 6.07) is 0. The fourth-order valence-electron chi connectivity index (χ4n) is 0.755. The number of alkyl halides is 3. The predicted molar refractivity (Wildman–Crippen MR) is 34.6 cm³/mol. The van der Waals surface area contributed by atoms with E-state index in [9.17, 15) is 18.0 Å². The number of carbonyl (C=O) groups excluding carboxylic acids is 1. The first kappa shape index (κ1) is 9.49. The van der Waals surface area contributed by atoms with Crippen LogP contribution in [0.2, 0.25) is 0 Å². The summed E-state index contributed by atoms with van der Waals surface area (Å²) in [5.74, 6) is -1.54. The second kappa shape index (κ2) is 3.04. The van der Waals surface area contributed by atoms with Crippen molar-refractivity contribution in [3.8, 4) is 0 Å². The van der Waals surface area contributed by atoms with Gasteiger partial charge in [0.1, 0.15) is 12.9 Å². The zero-order valence-corrected chi connectivity index (χ0v) is 6.25. The van der Waals surface area contributed by atoms with Gasteiger partial charge in [0.15, 0.2) is 0 Å². The molecule has 1 aromatic rings. The summed E-state index contributed by atoms with van der Waals surface area (Å²) in [6.45, 7) is -1.32. The van der Waals surface area contributed by atoms with Crippen LogP contribution in [0.15, 0.2) is 6.33 Å². The van der Waals surface area contributed by atoms with Crippen molar-refractivity contribution < 1.29 is 18.0 Å². The number of primary amides is 1. The second-order valence-electron chi connectivity index (χ2n) is 2.26. The maximum absolute atomic E-state index is 11.8. The monoisotopic (exact) mass is 194 g/mol. The van der Waals surface area contributed by atoms with Crippen LogP contribution >= 0.6 is 0 Å². The van der Waals surface area contributed by atoms with E-state index in [2.05, 4.69) is 10.2 Å². The summed E-state index contributed by atoms with van der Waals surface area (Å²) in [6.07, 6.45) is -3.62. The normalized spacial score (nSPS) is 11.6. The number of amides is 1.